The molecule has 1 heterocycles. The normalized spacial score (nSPS) is 21.4. The minimum absolute atomic E-state index is 0.395. The highest BCUT2D eigenvalue weighted by atomic mass is 16.1. The van der Waals surface area contributed by atoms with Crippen LogP contribution in [-0.2, 0) is 11.3 Å². The Kier molecular flexibility index (Phi) is 3.95. The molecule has 0 saturated carbocycles. The molecule has 17 heavy (non-hydrogen) atoms. The zero-order valence-corrected chi connectivity index (χ0v) is 10.7. The third kappa shape index (κ3) is 3.40. The lowest BCUT2D eigenvalue weighted by Crippen LogP contribution is -2.30. The fourth-order valence-electron chi connectivity index (χ4n) is 2.59. The number of hydrogen-bond donors (Lipinski definition) is 0. The molecule has 1 aromatic rings. The minimum Gasteiger partial charge on any atom is -0.298 e. The van der Waals surface area contributed by atoms with Gasteiger partial charge in [-0.3, -0.25) is 9.69 Å². The lowest BCUT2D eigenvalue weighted by molar-refractivity contribution is -0.117. The van der Waals surface area contributed by atoms with Crippen LogP contribution in [0.1, 0.15) is 32.3 Å². The molecule has 1 aromatic carbocycles. The first-order valence-electron chi connectivity index (χ1n) is 6.45. The fraction of sp³-hybridized carbons (Fsp3) is 0.533. The summed E-state index contributed by atoms with van der Waals surface area (Å²) in [5.74, 6) is 1.05. The van der Waals surface area contributed by atoms with E-state index in [0.29, 0.717) is 24.3 Å². The second-order valence-electron chi connectivity index (χ2n) is 5.42. The Bertz CT molecular complexity index is 372. The van der Waals surface area contributed by atoms with Crippen molar-refractivity contribution in [3.05, 3.63) is 35.9 Å². The molecule has 1 unspecified atom stereocenters. The molecule has 1 aliphatic heterocycles. The van der Waals surface area contributed by atoms with Gasteiger partial charge < -0.3 is 0 Å². The van der Waals surface area contributed by atoms with Crippen LogP contribution in [0.5, 0.6) is 0 Å². The quantitative estimate of drug-likeness (QED) is 0.794. The van der Waals surface area contributed by atoms with Crippen molar-refractivity contribution in [1.82, 2.24) is 4.90 Å². The molecule has 0 aliphatic carbocycles. The number of Topliss-reactive ketones (excluding diaryl/α,β-unsaturated/α-hetero) is 1. The Morgan fingerprint density at radius 2 is 2.00 bits per heavy atom. The highest BCUT2D eigenvalue weighted by Crippen LogP contribution is 2.23. The summed E-state index contributed by atoms with van der Waals surface area (Å²) in [7, 11) is 0. The fourth-order valence-corrected chi connectivity index (χ4v) is 2.59. The third-order valence-corrected chi connectivity index (χ3v) is 3.33. The SMILES string of the molecule is CC(C)CC1CC(=O)CN1Cc1ccccc1. The lowest BCUT2D eigenvalue weighted by atomic mass is 10.0. The van der Waals surface area contributed by atoms with E-state index in [1.165, 1.54) is 5.56 Å². The molecular formula is C15H21NO. The van der Waals surface area contributed by atoms with Gasteiger partial charge in [0.25, 0.3) is 0 Å². The van der Waals surface area contributed by atoms with E-state index in [1.54, 1.807) is 0 Å². The van der Waals surface area contributed by atoms with E-state index in [4.69, 9.17) is 0 Å². The molecule has 2 nitrogen and oxygen atoms in total. The van der Waals surface area contributed by atoms with Crippen LogP contribution in [0.2, 0.25) is 0 Å². The molecule has 92 valence electrons. The first-order valence-corrected chi connectivity index (χ1v) is 6.45. The van der Waals surface area contributed by atoms with Gasteiger partial charge in [0.15, 0.2) is 0 Å². The standard InChI is InChI=1S/C15H21NO/c1-12(2)8-14-9-15(17)11-16(14)10-13-6-4-3-5-7-13/h3-7,12,14H,8-11H2,1-2H3. The molecule has 2 rings (SSSR count). The van der Waals surface area contributed by atoms with E-state index in [9.17, 15) is 4.79 Å². The van der Waals surface area contributed by atoms with Crippen molar-refractivity contribution in [3.8, 4) is 0 Å². The Labute approximate surface area is 104 Å². The maximum absolute atomic E-state index is 11.6. The topological polar surface area (TPSA) is 20.3 Å². The van der Waals surface area contributed by atoms with Crippen LogP contribution in [0.4, 0.5) is 0 Å². The zero-order valence-electron chi connectivity index (χ0n) is 10.7. The second kappa shape index (κ2) is 5.46. The van der Waals surface area contributed by atoms with Gasteiger partial charge in [0.1, 0.15) is 5.78 Å². The van der Waals surface area contributed by atoms with Gasteiger partial charge in [-0.1, -0.05) is 44.2 Å². The summed E-state index contributed by atoms with van der Waals surface area (Å²) in [6.45, 7) is 5.99. The van der Waals surface area contributed by atoms with Gasteiger partial charge >= 0.3 is 0 Å². The third-order valence-electron chi connectivity index (χ3n) is 3.33. The maximum atomic E-state index is 11.6. The van der Waals surface area contributed by atoms with Gasteiger partial charge in [-0.2, -0.15) is 0 Å². The predicted octanol–water partition coefficient (Wildman–Crippen LogP) is 2.88. The van der Waals surface area contributed by atoms with Crippen LogP contribution in [-0.4, -0.2) is 23.3 Å². The van der Waals surface area contributed by atoms with Crippen molar-refractivity contribution in [2.24, 2.45) is 5.92 Å². The summed E-state index contributed by atoms with van der Waals surface area (Å²) in [4.78, 5) is 13.9. The molecule has 0 amide bonds. The summed E-state index contributed by atoms with van der Waals surface area (Å²) in [6, 6.07) is 10.9. The van der Waals surface area contributed by atoms with Crippen molar-refractivity contribution in [1.29, 1.82) is 0 Å². The van der Waals surface area contributed by atoms with Crippen LogP contribution >= 0.6 is 0 Å². The van der Waals surface area contributed by atoms with Crippen LogP contribution in [0.3, 0.4) is 0 Å². The first-order chi connectivity index (χ1) is 8.15. The largest absolute Gasteiger partial charge is 0.298 e. The predicted molar refractivity (Wildman–Crippen MR) is 69.7 cm³/mol. The van der Waals surface area contributed by atoms with Gasteiger partial charge in [0, 0.05) is 19.0 Å². The Morgan fingerprint density at radius 1 is 1.29 bits per heavy atom. The number of hydrogen-bond acceptors (Lipinski definition) is 2. The summed E-state index contributed by atoms with van der Waals surface area (Å²) in [5.41, 5.74) is 1.30. The molecule has 2 heteroatoms. The summed E-state index contributed by atoms with van der Waals surface area (Å²) in [6.07, 6.45) is 1.86. The van der Waals surface area contributed by atoms with E-state index in [1.807, 2.05) is 6.07 Å². The molecule has 0 radical (unpaired) electrons. The van der Waals surface area contributed by atoms with Gasteiger partial charge in [-0.25, -0.2) is 0 Å². The molecule has 1 aliphatic rings. The lowest BCUT2D eigenvalue weighted by Gasteiger charge is -2.24. The van der Waals surface area contributed by atoms with E-state index in [-0.39, 0.29) is 0 Å². The van der Waals surface area contributed by atoms with Gasteiger partial charge in [0.2, 0.25) is 0 Å². The number of rotatable bonds is 4. The molecule has 0 spiro atoms. The monoisotopic (exact) mass is 231 g/mol. The van der Waals surface area contributed by atoms with E-state index < -0.39 is 0 Å². The number of carbonyl (C=O) groups excluding carboxylic acids is 1. The van der Waals surface area contributed by atoms with E-state index >= 15 is 0 Å². The average Bonchev–Trinajstić information content (AvgIpc) is 2.59. The zero-order chi connectivity index (χ0) is 12.3. The van der Waals surface area contributed by atoms with E-state index in [0.717, 1.165) is 19.4 Å². The van der Waals surface area contributed by atoms with Crippen molar-refractivity contribution < 1.29 is 4.79 Å². The molecule has 0 N–H and O–H groups in total. The van der Waals surface area contributed by atoms with Crippen LogP contribution in [0, 0.1) is 5.92 Å². The van der Waals surface area contributed by atoms with Crippen LogP contribution < -0.4 is 0 Å². The van der Waals surface area contributed by atoms with Crippen molar-refractivity contribution in [2.45, 2.75) is 39.3 Å². The summed E-state index contributed by atoms with van der Waals surface area (Å²) >= 11 is 0. The number of benzene rings is 1. The Balaban J connectivity index is 2.01. The molecule has 1 saturated heterocycles. The summed E-state index contributed by atoms with van der Waals surface area (Å²) in [5, 5.41) is 0. The molecule has 1 fully saturated rings. The number of nitrogens with zero attached hydrogens (tertiary/aromatic N) is 1. The minimum atomic E-state index is 0.395. The molecule has 0 bridgehead atoms. The average molecular weight is 231 g/mol. The van der Waals surface area contributed by atoms with Gasteiger partial charge in [0.05, 0.1) is 6.54 Å². The smallest absolute Gasteiger partial charge is 0.148 e. The number of ketones is 1. The highest BCUT2D eigenvalue weighted by molar-refractivity contribution is 5.83. The maximum Gasteiger partial charge on any atom is 0.148 e. The first kappa shape index (κ1) is 12.3. The van der Waals surface area contributed by atoms with E-state index in [2.05, 4.69) is 43.0 Å². The van der Waals surface area contributed by atoms with Gasteiger partial charge in [-0.15, -0.1) is 0 Å². The molecule has 0 aromatic heterocycles. The highest BCUT2D eigenvalue weighted by Gasteiger charge is 2.30. The van der Waals surface area contributed by atoms with Gasteiger partial charge in [-0.05, 0) is 17.9 Å². The van der Waals surface area contributed by atoms with Crippen LogP contribution in [0.25, 0.3) is 0 Å². The van der Waals surface area contributed by atoms with Crippen molar-refractivity contribution in [2.75, 3.05) is 6.54 Å². The summed E-state index contributed by atoms with van der Waals surface area (Å²) < 4.78 is 0. The Hall–Kier alpha value is -1.15. The second-order valence-corrected chi connectivity index (χ2v) is 5.42. The number of likely N-dealkylation sites (tertiary alicyclic amines) is 1. The van der Waals surface area contributed by atoms with Crippen molar-refractivity contribution in [3.63, 3.8) is 0 Å². The van der Waals surface area contributed by atoms with Crippen LogP contribution in [0.15, 0.2) is 30.3 Å². The number of carbonyl (C=O) groups is 1. The molecule has 1 atom stereocenters. The van der Waals surface area contributed by atoms with Crippen molar-refractivity contribution >= 4 is 5.78 Å². The Morgan fingerprint density at radius 3 is 2.65 bits per heavy atom. The molecular weight excluding hydrogens is 210 g/mol.